The molecular formula is C15H17NO2. The van der Waals surface area contributed by atoms with Gasteiger partial charge in [0.15, 0.2) is 0 Å². The topological polar surface area (TPSA) is 42.4 Å². The number of aliphatic hydroxyl groups excluding tert-OH is 1. The van der Waals surface area contributed by atoms with Gasteiger partial charge in [-0.1, -0.05) is 18.2 Å². The lowest BCUT2D eigenvalue weighted by atomic mass is 10.1. The Morgan fingerprint density at radius 1 is 1.11 bits per heavy atom. The van der Waals surface area contributed by atoms with Crippen LogP contribution in [0.1, 0.15) is 31.2 Å². The molecule has 0 amide bonds. The second-order valence-corrected chi connectivity index (χ2v) is 4.40. The molecule has 18 heavy (non-hydrogen) atoms. The fraction of sp³-hybridized carbons (Fsp3) is 0.267. The minimum absolute atomic E-state index is 0.118. The second-order valence-electron chi connectivity index (χ2n) is 4.40. The SMILES string of the molecule is CC(C)Oc1cccc([C@@H](O)c2ccccn2)c1. The van der Waals surface area contributed by atoms with Gasteiger partial charge >= 0.3 is 0 Å². The van der Waals surface area contributed by atoms with Crippen molar-refractivity contribution in [3.63, 3.8) is 0 Å². The van der Waals surface area contributed by atoms with Gasteiger partial charge in [-0.05, 0) is 43.7 Å². The number of rotatable bonds is 4. The molecule has 0 radical (unpaired) electrons. The summed E-state index contributed by atoms with van der Waals surface area (Å²) < 4.78 is 5.61. The van der Waals surface area contributed by atoms with E-state index in [0.717, 1.165) is 11.3 Å². The van der Waals surface area contributed by atoms with Crippen LogP contribution in [0, 0.1) is 0 Å². The molecule has 1 heterocycles. The molecule has 1 atom stereocenters. The van der Waals surface area contributed by atoms with Crippen LogP contribution in [-0.2, 0) is 0 Å². The molecule has 0 saturated heterocycles. The maximum Gasteiger partial charge on any atom is 0.121 e. The largest absolute Gasteiger partial charge is 0.491 e. The number of nitrogens with zero attached hydrogens (tertiary/aromatic N) is 1. The summed E-state index contributed by atoms with van der Waals surface area (Å²) >= 11 is 0. The van der Waals surface area contributed by atoms with Crippen molar-refractivity contribution in [3.05, 3.63) is 59.9 Å². The van der Waals surface area contributed by atoms with Crippen molar-refractivity contribution in [1.82, 2.24) is 4.98 Å². The van der Waals surface area contributed by atoms with Gasteiger partial charge in [-0.25, -0.2) is 0 Å². The Hall–Kier alpha value is -1.87. The maximum absolute atomic E-state index is 10.2. The molecule has 0 bridgehead atoms. The van der Waals surface area contributed by atoms with Gasteiger partial charge in [0.2, 0.25) is 0 Å². The molecule has 0 spiro atoms. The third-order valence-corrected chi connectivity index (χ3v) is 2.51. The van der Waals surface area contributed by atoms with Crippen molar-refractivity contribution in [2.24, 2.45) is 0 Å². The third kappa shape index (κ3) is 3.08. The van der Waals surface area contributed by atoms with Gasteiger partial charge in [0.25, 0.3) is 0 Å². The molecule has 2 rings (SSSR count). The lowest BCUT2D eigenvalue weighted by molar-refractivity contribution is 0.212. The maximum atomic E-state index is 10.2. The van der Waals surface area contributed by atoms with E-state index in [2.05, 4.69) is 4.98 Å². The molecule has 1 N–H and O–H groups in total. The van der Waals surface area contributed by atoms with Crippen molar-refractivity contribution in [2.45, 2.75) is 26.1 Å². The summed E-state index contributed by atoms with van der Waals surface area (Å²) in [5, 5.41) is 10.2. The first-order valence-corrected chi connectivity index (χ1v) is 6.02. The minimum Gasteiger partial charge on any atom is -0.491 e. The van der Waals surface area contributed by atoms with Crippen LogP contribution in [0.4, 0.5) is 0 Å². The molecule has 2 aromatic rings. The van der Waals surface area contributed by atoms with Crippen molar-refractivity contribution in [1.29, 1.82) is 0 Å². The highest BCUT2D eigenvalue weighted by atomic mass is 16.5. The highest BCUT2D eigenvalue weighted by Crippen LogP contribution is 2.24. The van der Waals surface area contributed by atoms with Gasteiger partial charge in [-0.2, -0.15) is 0 Å². The van der Waals surface area contributed by atoms with Crippen LogP contribution in [0.3, 0.4) is 0 Å². The van der Waals surface area contributed by atoms with Crippen LogP contribution in [-0.4, -0.2) is 16.2 Å². The van der Waals surface area contributed by atoms with Gasteiger partial charge < -0.3 is 9.84 Å². The fourth-order valence-electron chi connectivity index (χ4n) is 1.74. The van der Waals surface area contributed by atoms with E-state index in [1.807, 2.05) is 50.2 Å². The number of benzene rings is 1. The Kier molecular flexibility index (Phi) is 3.95. The summed E-state index contributed by atoms with van der Waals surface area (Å²) in [5.41, 5.74) is 1.42. The summed E-state index contributed by atoms with van der Waals surface area (Å²) in [6.45, 7) is 3.95. The van der Waals surface area contributed by atoms with Crippen LogP contribution in [0.25, 0.3) is 0 Å². The van der Waals surface area contributed by atoms with Crippen LogP contribution < -0.4 is 4.74 Å². The first-order valence-electron chi connectivity index (χ1n) is 6.02. The zero-order valence-electron chi connectivity index (χ0n) is 10.6. The van der Waals surface area contributed by atoms with Crippen LogP contribution in [0.5, 0.6) is 5.75 Å². The van der Waals surface area contributed by atoms with Crippen LogP contribution >= 0.6 is 0 Å². The Labute approximate surface area is 107 Å². The monoisotopic (exact) mass is 243 g/mol. The van der Waals surface area contributed by atoms with E-state index in [-0.39, 0.29) is 6.10 Å². The first kappa shape index (κ1) is 12.6. The molecular weight excluding hydrogens is 226 g/mol. The van der Waals surface area contributed by atoms with Gasteiger partial charge in [0.1, 0.15) is 11.9 Å². The van der Waals surface area contributed by atoms with Crippen LogP contribution in [0.15, 0.2) is 48.7 Å². The zero-order valence-corrected chi connectivity index (χ0v) is 10.6. The predicted octanol–water partition coefficient (Wildman–Crippen LogP) is 2.95. The third-order valence-electron chi connectivity index (χ3n) is 2.51. The number of pyridine rings is 1. The summed E-state index contributed by atoms with van der Waals surface area (Å²) in [6, 6.07) is 13.0. The van der Waals surface area contributed by atoms with E-state index in [0.29, 0.717) is 5.69 Å². The van der Waals surface area contributed by atoms with E-state index in [4.69, 9.17) is 4.74 Å². The van der Waals surface area contributed by atoms with Gasteiger partial charge in [-0.3, -0.25) is 4.98 Å². The Bertz CT molecular complexity index is 497. The summed E-state index contributed by atoms with van der Waals surface area (Å²) in [4.78, 5) is 4.15. The van der Waals surface area contributed by atoms with Crippen molar-refractivity contribution < 1.29 is 9.84 Å². The molecule has 0 aliphatic carbocycles. The molecule has 1 aromatic heterocycles. The first-order chi connectivity index (χ1) is 8.66. The number of hydrogen-bond donors (Lipinski definition) is 1. The average molecular weight is 243 g/mol. The fourth-order valence-corrected chi connectivity index (χ4v) is 1.74. The molecule has 3 heteroatoms. The molecule has 0 unspecified atom stereocenters. The number of aromatic nitrogens is 1. The summed E-state index contributed by atoms with van der Waals surface area (Å²) in [7, 11) is 0. The molecule has 0 aliphatic rings. The van der Waals surface area contributed by atoms with Gasteiger partial charge in [0, 0.05) is 6.20 Å². The Balaban J connectivity index is 2.23. The van der Waals surface area contributed by atoms with E-state index >= 15 is 0 Å². The molecule has 0 saturated carbocycles. The van der Waals surface area contributed by atoms with E-state index in [9.17, 15) is 5.11 Å². The summed E-state index contributed by atoms with van der Waals surface area (Å²) in [5.74, 6) is 0.762. The quantitative estimate of drug-likeness (QED) is 0.897. The lowest BCUT2D eigenvalue weighted by Gasteiger charge is -2.14. The number of ether oxygens (including phenoxy) is 1. The van der Waals surface area contributed by atoms with Gasteiger partial charge in [0.05, 0.1) is 11.8 Å². The predicted molar refractivity (Wildman–Crippen MR) is 70.5 cm³/mol. The molecule has 1 aromatic carbocycles. The van der Waals surface area contributed by atoms with Crippen LogP contribution in [0.2, 0.25) is 0 Å². The van der Waals surface area contributed by atoms with Crippen molar-refractivity contribution in [3.8, 4) is 5.75 Å². The van der Waals surface area contributed by atoms with Crippen molar-refractivity contribution in [2.75, 3.05) is 0 Å². The van der Waals surface area contributed by atoms with E-state index in [1.165, 1.54) is 0 Å². The Morgan fingerprint density at radius 2 is 1.94 bits per heavy atom. The number of hydrogen-bond acceptors (Lipinski definition) is 3. The normalized spacial score (nSPS) is 12.4. The highest BCUT2D eigenvalue weighted by Gasteiger charge is 2.12. The lowest BCUT2D eigenvalue weighted by Crippen LogP contribution is -2.07. The zero-order chi connectivity index (χ0) is 13.0. The van der Waals surface area contributed by atoms with E-state index in [1.54, 1.807) is 12.3 Å². The highest BCUT2D eigenvalue weighted by molar-refractivity contribution is 5.33. The average Bonchev–Trinajstić information content (AvgIpc) is 2.38. The Morgan fingerprint density at radius 3 is 2.61 bits per heavy atom. The smallest absolute Gasteiger partial charge is 0.121 e. The second kappa shape index (κ2) is 5.65. The molecule has 0 aliphatic heterocycles. The standard InChI is InChI=1S/C15H17NO2/c1-11(2)18-13-7-5-6-12(10-13)15(17)14-8-3-4-9-16-14/h3-11,15,17H,1-2H3/t15-/m1/s1. The molecule has 94 valence electrons. The molecule has 3 nitrogen and oxygen atoms in total. The minimum atomic E-state index is -0.720. The van der Waals surface area contributed by atoms with E-state index < -0.39 is 6.10 Å². The molecule has 0 fully saturated rings. The van der Waals surface area contributed by atoms with Gasteiger partial charge in [-0.15, -0.1) is 0 Å². The van der Waals surface area contributed by atoms with Crippen molar-refractivity contribution >= 4 is 0 Å². The summed E-state index contributed by atoms with van der Waals surface area (Å²) in [6.07, 6.45) is 1.07. The number of aliphatic hydroxyl groups is 1.